The van der Waals surface area contributed by atoms with E-state index in [4.69, 9.17) is 0 Å². The Hall–Kier alpha value is 0.899. The third kappa shape index (κ3) is 3.14. The van der Waals surface area contributed by atoms with Gasteiger partial charge in [0.15, 0.2) is 0 Å². The SMILES string of the molecule is CSc1ccsc1-c1s[c]([Sn]([CH3])([CH3])[CH3])cc1SC. The van der Waals surface area contributed by atoms with Crippen LogP contribution in [0.15, 0.2) is 27.3 Å². The van der Waals surface area contributed by atoms with Gasteiger partial charge in [-0.3, -0.25) is 0 Å². The Morgan fingerprint density at radius 2 is 1.67 bits per heavy atom. The summed E-state index contributed by atoms with van der Waals surface area (Å²) in [4.78, 5) is 13.4. The van der Waals surface area contributed by atoms with Crippen LogP contribution >= 0.6 is 46.2 Å². The molecule has 0 saturated carbocycles. The van der Waals surface area contributed by atoms with E-state index in [1.165, 1.54) is 19.5 Å². The van der Waals surface area contributed by atoms with Crippen molar-refractivity contribution in [2.24, 2.45) is 0 Å². The average Bonchev–Trinajstić information content (AvgIpc) is 2.93. The van der Waals surface area contributed by atoms with Gasteiger partial charge >= 0.3 is 132 Å². The molecule has 0 bridgehead atoms. The summed E-state index contributed by atoms with van der Waals surface area (Å²) in [6.07, 6.45) is 4.36. The summed E-state index contributed by atoms with van der Waals surface area (Å²) in [5.74, 6) is 0. The molecule has 0 fully saturated rings. The standard InChI is InChI=1S/C10H9S4.3CH3.Sn/c1-11-7-3-5-13-9(7)10-8(12-2)4-6-14-10;;;;/h3-5H,1-2H3;3*1H3;. The third-order valence-electron chi connectivity index (χ3n) is 2.71. The molecule has 0 aliphatic heterocycles. The first-order valence-corrected chi connectivity index (χ1v) is 19.9. The molecule has 2 heterocycles. The third-order valence-corrected chi connectivity index (χ3v) is 16.2. The van der Waals surface area contributed by atoms with Gasteiger partial charge in [0, 0.05) is 0 Å². The molecule has 0 aliphatic rings. The molecule has 0 atom stereocenters. The first-order valence-electron chi connectivity index (χ1n) is 5.77. The van der Waals surface area contributed by atoms with E-state index in [9.17, 15) is 0 Å². The van der Waals surface area contributed by atoms with Gasteiger partial charge in [-0.25, -0.2) is 0 Å². The number of hydrogen-bond acceptors (Lipinski definition) is 4. The molecular weight excluding hydrogens is 403 g/mol. The first-order chi connectivity index (χ1) is 8.47. The Morgan fingerprint density at radius 3 is 2.22 bits per heavy atom. The van der Waals surface area contributed by atoms with Crippen molar-refractivity contribution in [3.63, 3.8) is 0 Å². The van der Waals surface area contributed by atoms with Crippen LogP contribution in [0.5, 0.6) is 0 Å². The molecule has 2 aromatic rings. The molecule has 18 heavy (non-hydrogen) atoms. The minimum atomic E-state index is -1.93. The maximum absolute atomic E-state index is 2.50. The number of rotatable bonds is 4. The van der Waals surface area contributed by atoms with Crippen LogP contribution in [0.25, 0.3) is 9.75 Å². The second-order valence-electron chi connectivity index (χ2n) is 5.08. The van der Waals surface area contributed by atoms with Gasteiger partial charge in [-0.05, 0) is 0 Å². The van der Waals surface area contributed by atoms with Crippen molar-refractivity contribution in [2.75, 3.05) is 12.5 Å². The van der Waals surface area contributed by atoms with Crippen LogP contribution in [0.2, 0.25) is 14.8 Å². The van der Waals surface area contributed by atoms with Crippen LogP contribution in [0.3, 0.4) is 0 Å². The molecule has 0 radical (unpaired) electrons. The molecule has 0 aliphatic carbocycles. The summed E-state index contributed by atoms with van der Waals surface area (Å²) in [6.45, 7) is 0. The molecule has 98 valence electrons. The predicted octanol–water partition coefficient (Wildman–Crippen LogP) is 5.47. The van der Waals surface area contributed by atoms with Crippen LogP contribution in [0.1, 0.15) is 0 Å². The van der Waals surface area contributed by atoms with E-state index in [1.807, 2.05) is 46.2 Å². The topological polar surface area (TPSA) is 0 Å². The Morgan fingerprint density at radius 1 is 1.00 bits per heavy atom. The number of thiophene rings is 2. The summed E-state index contributed by atoms with van der Waals surface area (Å²) < 4.78 is 1.68. The van der Waals surface area contributed by atoms with Gasteiger partial charge in [0.05, 0.1) is 0 Å². The monoisotopic (exact) mass is 422 g/mol. The number of hydrogen-bond donors (Lipinski definition) is 0. The molecule has 0 aromatic carbocycles. The Kier molecular flexibility index (Phi) is 5.20. The zero-order valence-electron chi connectivity index (χ0n) is 11.4. The van der Waals surface area contributed by atoms with Crippen molar-refractivity contribution in [3.8, 4) is 9.75 Å². The normalized spacial score (nSPS) is 12.1. The summed E-state index contributed by atoms with van der Waals surface area (Å²) in [5.41, 5.74) is 0. The quantitative estimate of drug-likeness (QED) is 0.475. The van der Waals surface area contributed by atoms with E-state index in [1.54, 1.807) is 2.89 Å². The van der Waals surface area contributed by atoms with Crippen LogP contribution in [-0.2, 0) is 0 Å². The second kappa shape index (κ2) is 6.12. The van der Waals surface area contributed by atoms with E-state index in [0.717, 1.165) is 0 Å². The molecule has 2 rings (SSSR count). The van der Waals surface area contributed by atoms with Gasteiger partial charge in [-0.15, -0.1) is 0 Å². The van der Waals surface area contributed by atoms with E-state index in [0.29, 0.717) is 0 Å². The Labute approximate surface area is 130 Å². The molecule has 0 N–H and O–H groups in total. The van der Waals surface area contributed by atoms with E-state index >= 15 is 0 Å². The van der Waals surface area contributed by atoms with Gasteiger partial charge < -0.3 is 0 Å². The molecule has 0 nitrogen and oxygen atoms in total. The van der Waals surface area contributed by atoms with Gasteiger partial charge in [-0.2, -0.15) is 0 Å². The predicted molar refractivity (Wildman–Crippen MR) is 94.2 cm³/mol. The fourth-order valence-corrected chi connectivity index (χ4v) is 11.3. The van der Waals surface area contributed by atoms with E-state index in [-0.39, 0.29) is 0 Å². The summed E-state index contributed by atoms with van der Waals surface area (Å²) in [5, 5.41) is 2.21. The van der Waals surface area contributed by atoms with Crippen molar-refractivity contribution in [1.29, 1.82) is 0 Å². The van der Waals surface area contributed by atoms with Crippen LogP contribution < -0.4 is 2.89 Å². The molecular formula is C13H18S4Sn. The van der Waals surface area contributed by atoms with Gasteiger partial charge in [0.1, 0.15) is 0 Å². The molecule has 0 saturated heterocycles. The van der Waals surface area contributed by atoms with Crippen LogP contribution in [0.4, 0.5) is 0 Å². The first kappa shape index (κ1) is 15.3. The fourth-order valence-electron chi connectivity index (χ4n) is 1.68. The molecule has 0 amide bonds. The molecule has 5 heteroatoms. The van der Waals surface area contributed by atoms with Crippen molar-refractivity contribution >= 4 is 67.5 Å². The van der Waals surface area contributed by atoms with Crippen LogP contribution in [-0.4, -0.2) is 30.9 Å². The minimum absolute atomic E-state index is 1.42. The fraction of sp³-hybridized carbons (Fsp3) is 0.385. The van der Waals surface area contributed by atoms with Crippen LogP contribution in [0, 0.1) is 0 Å². The van der Waals surface area contributed by atoms with Gasteiger partial charge in [0.2, 0.25) is 0 Å². The van der Waals surface area contributed by atoms with E-state index < -0.39 is 18.4 Å². The average molecular weight is 421 g/mol. The zero-order valence-corrected chi connectivity index (χ0v) is 17.5. The van der Waals surface area contributed by atoms with Crippen molar-refractivity contribution in [2.45, 2.75) is 24.6 Å². The van der Waals surface area contributed by atoms with Gasteiger partial charge in [0.25, 0.3) is 0 Å². The van der Waals surface area contributed by atoms with Crippen molar-refractivity contribution < 1.29 is 0 Å². The number of thioether (sulfide) groups is 2. The molecule has 0 unspecified atom stereocenters. The Balaban J connectivity index is 2.54. The summed E-state index contributed by atoms with van der Waals surface area (Å²) in [7, 11) is 0. The second-order valence-corrected chi connectivity index (χ2v) is 24.2. The van der Waals surface area contributed by atoms with Crippen molar-refractivity contribution in [3.05, 3.63) is 17.5 Å². The molecule has 0 spiro atoms. The summed E-state index contributed by atoms with van der Waals surface area (Å²) in [6, 6.07) is 4.71. The summed E-state index contributed by atoms with van der Waals surface area (Å²) >= 11 is 5.74. The van der Waals surface area contributed by atoms with Gasteiger partial charge in [-0.1, -0.05) is 0 Å². The van der Waals surface area contributed by atoms with Crippen molar-refractivity contribution in [1.82, 2.24) is 0 Å². The maximum atomic E-state index is 2.50. The van der Waals surface area contributed by atoms with E-state index in [2.05, 4.69) is 44.8 Å². The zero-order chi connectivity index (χ0) is 13.3. The Bertz CT molecular complexity index is 533. The molecule has 2 aromatic heterocycles.